The molecule has 0 bridgehead atoms. The Hall–Kier alpha value is -1.26. The Kier molecular flexibility index (Phi) is 5.79. The minimum atomic E-state index is -0.0162. The first-order chi connectivity index (χ1) is 11.2. The van der Waals surface area contributed by atoms with Crippen LogP contribution >= 0.6 is 0 Å². The fourth-order valence-electron chi connectivity index (χ4n) is 4.33. The molecule has 130 valence electrons. The predicted octanol–water partition coefficient (Wildman–Crippen LogP) is 2.80. The van der Waals surface area contributed by atoms with E-state index >= 15 is 0 Å². The van der Waals surface area contributed by atoms with Crippen molar-refractivity contribution in [3.63, 3.8) is 0 Å². The average Bonchev–Trinajstić information content (AvgIpc) is 3.10. The molecule has 2 saturated carbocycles. The number of amides is 3. The van der Waals surface area contributed by atoms with E-state index in [9.17, 15) is 9.59 Å². The van der Waals surface area contributed by atoms with Crippen LogP contribution in [0.25, 0.3) is 0 Å². The number of likely N-dealkylation sites (tertiary alicyclic amines) is 1. The molecule has 0 atom stereocenters. The lowest BCUT2D eigenvalue weighted by Gasteiger charge is -2.34. The van der Waals surface area contributed by atoms with Gasteiger partial charge in [0.05, 0.1) is 0 Å². The van der Waals surface area contributed by atoms with Gasteiger partial charge in [0.15, 0.2) is 0 Å². The van der Waals surface area contributed by atoms with Crippen LogP contribution in [0.2, 0.25) is 0 Å². The molecule has 0 aromatic rings. The van der Waals surface area contributed by atoms with E-state index in [1.807, 2.05) is 4.90 Å². The summed E-state index contributed by atoms with van der Waals surface area (Å²) in [7, 11) is 0. The maximum atomic E-state index is 12.4. The van der Waals surface area contributed by atoms with Crippen molar-refractivity contribution in [3.8, 4) is 0 Å². The summed E-state index contributed by atoms with van der Waals surface area (Å²) in [5.41, 5.74) is 0. The number of carbonyl (C=O) groups is 2. The summed E-state index contributed by atoms with van der Waals surface area (Å²) in [5.74, 6) is 0.627. The third-order valence-corrected chi connectivity index (χ3v) is 5.79. The van der Waals surface area contributed by atoms with Crippen LogP contribution in [0.3, 0.4) is 0 Å². The van der Waals surface area contributed by atoms with Gasteiger partial charge in [-0.05, 0) is 38.5 Å². The lowest BCUT2D eigenvalue weighted by Crippen LogP contribution is -2.51. The molecule has 1 saturated heterocycles. The summed E-state index contributed by atoms with van der Waals surface area (Å²) in [6, 6.07) is 0.552. The number of nitrogens with one attached hydrogen (secondary N) is 2. The fraction of sp³-hybridized carbons (Fsp3) is 0.889. The van der Waals surface area contributed by atoms with Gasteiger partial charge in [0.2, 0.25) is 5.91 Å². The molecule has 3 amide bonds. The zero-order chi connectivity index (χ0) is 16.1. The van der Waals surface area contributed by atoms with E-state index in [2.05, 4.69) is 10.6 Å². The summed E-state index contributed by atoms with van der Waals surface area (Å²) in [6.07, 6.45) is 12.3. The van der Waals surface area contributed by atoms with Gasteiger partial charge in [0.25, 0.3) is 0 Å². The van der Waals surface area contributed by atoms with E-state index in [1.165, 1.54) is 32.1 Å². The highest BCUT2D eigenvalue weighted by molar-refractivity contribution is 5.79. The van der Waals surface area contributed by atoms with Crippen molar-refractivity contribution in [3.05, 3.63) is 0 Å². The number of urea groups is 1. The van der Waals surface area contributed by atoms with Crippen LogP contribution in [0.5, 0.6) is 0 Å². The van der Waals surface area contributed by atoms with Crippen molar-refractivity contribution in [1.82, 2.24) is 15.5 Å². The van der Waals surface area contributed by atoms with Crippen LogP contribution in [-0.2, 0) is 4.79 Å². The quantitative estimate of drug-likeness (QED) is 0.839. The zero-order valence-corrected chi connectivity index (χ0v) is 14.2. The number of piperidine rings is 1. The highest BCUT2D eigenvalue weighted by Gasteiger charge is 2.30. The average molecular weight is 321 g/mol. The van der Waals surface area contributed by atoms with Gasteiger partial charge in [-0.25, -0.2) is 4.79 Å². The fourth-order valence-corrected chi connectivity index (χ4v) is 4.33. The molecule has 3 aliphatic rings. The zero-order valence-electron chi connectivity index (χ0n) is 14.2. The van der Waals surface area contributed by atoms with Crippen molar-refractivity contribution in [2.45, 2.75) is 82.7 Å². The van der Waals surface area contributed by atoms with Crippen molar-refractivity contribution in [2.24, 2.45) is 5.92 Å². The summed E-state index contributed by atoms with van der Waals surface area (Å²) in [6.45, 7) is 1.59. The van der Waals surface area contributed by atoms with Crippen LogP contribution < -0.4 is 10.6 Å². The maximum Gasteiger partial charge on any atom is 0.315 e. The Balaban J connectivity index is 1.36. The first kappa shape index (κ1) is 16.6. The van der Waals surface area contributed by atoms with Crippen LogP contribution in [0.15, 0.2) is 0 Å². The lowest BCUT2D eigenvalue weighted by molar-refractivity contribution is -0.136. The van der Waals surface area contributed by atoms with Crippen molar-refractivity contribution >= 4 is 11.9 Å². The highest BCUT2D eigenvalue weighted by Crippen LogP contribution is 2.27. The molecule has 0 unspecified atom stereocenters. The largest absolute Gasteiger partial charge is 0.342 e. The van der Waals surface area contributed by atoms with E-state index in [-0.39, 0.29) is 18.0 Å². The topological polar surface area (TPSA) is 61.4 Å². The van der Waals surface area contributed by atoms with Gasteiger partial charge in [0.1, 0.15) is 0 Å². The first-order valence-corrected chi connectivity index (χ1v) is 9.58. The molecule has 2 N–H and O–H groups in total. The van der Waals surface area contributed by atoms with Gasteiger partial charge in [-0.3, -0.25) is 4.79 Å². The maximum absolute atomic E-state index is 12.4. The molecule has 3 fully saturated rings. The van der Waals surface area contributed by atoms with E-state index in [1.54, 1.807) is 0 Å². The number of carbonyl (C=O) groups excluding carboxylic acids is 2. The molecule has 3 rings (SSSR count). The number of hydrogen-bond donors (Lipinski definition) is 2. The number of hydrogen-bond acceptors (Lipinski definition) is 2. The van der Waals surface area contributed by atoms with Crippen LogP contribution in [0, 0.1) is 5.92 Å². The van der Waals surface area contributed by atoms with Crippen LogP contribution in [0.4, 0.5) is 4.79 Å². The molecule has 23 heavy (non-hydrogen) atoms. The van der Waals surface area contributed by atoms with Gasteiger partial charge in [-0.1, -0.05) is 32.1 Å². The Labute approximate surface area is 139 Å². The number of nitrogens with zero attached hydrogens (tertiary/aromatic N) is 1. The summed E-state index contributed by atoms with van der Waals surface area (Å²) < 4.78 is 0. The van der Waals surface area contributed by atoms with Crippen LogP contribution in [0.1, 0.15) is 70.6 Å². The second-order valence-electron chi connectivity index (χ2n) is 7.53. The second kappa shape index (κ2) is 8.02. The normalized spacial score (nSPS) is 24.6. The van der Waals surface area contributed by atoms with Gasteiger partial charge in [-0.2, -0.15) is 0 Å². The first-order valence-electron chi connectivity index (χ1n) is 9.58. The monoisotopic (exact) mass is 321 g/mol. The van der Waals surface area contributed by atoms with E-state index < -0.39 is 0 Å². The standard InChI is InChI=1S/C18H31N3O2/c22-17(14-6-4-5-7-14)21-12-10-16(11-13-21)20-18(23)19-15-8-2-1-3-9-15/h14-16H,1-13H2,(H2,19,20,23). The molecular weight excluding hydrogens is 290 g/mol. The second-order valence-corrected chi connectivity index (χ2v) is 7.53. The molecule has 0 aromatic carbocycles. The Morgan fingerprint density at radius 2 is 1.22 bits per heavy atom. The Bertz CT molecular complexity index is 406. The molecule has 0 aromatic heterocycles. The van der Waals surface area contributed by atoms with Gasteiger partial charge >= 0.3 is 6.03 Å². The molecular formula is C18H31N3O2. The third-order valence-electron chi connectivity index (χ3n) is 5.79. The van der Waals surface area contributed by atoms with Crippen molar-refractivity contribution < 1.29 is 9.59 Å². The molecule has 1 aliphatic heterocycles. The summed E-state index contributed by atoms with van der Waals surface area (Å²) >= 11 is 0. The minimum Gasteiger partial charge on any atom is -0.342 e. The van der Waals surface area contributed by atoms with E-state index in [4.69, 9.17) is 0 Å². The highest BCUT2D eigenvalue weighted by atomic mass is 16.2. The molecule has 1 heterocycles. The Morgan fingerprint density at radius 1 is 0.696 bits per heavy atom. The SMILES string of the molecule is O=C(NC1CCCCC1)NC1CCN(C(=O)C2CCCC2)CC1. The van der Waals surface area contributed by atoms with Crippen LogP contribution in [-0.4, -0.2) is 42.0 Å². The van der Waals surface area contributed by atoms with Crippen molar-refractivity contribution in [2.75, 3.05) is 13.1 Å². The minimum absolute atomic E-state index is 0.0162. The third kappa shape index (κ3) is 4.61. The molecule has 0 radical (unpaired) electrons. The molecule has 5 nitrogen and oxygen atoms in total. The Morgan fingerprint density at radius 3 is 1.83 bits per heavy atom. The summed E-state index contributed by atoms with van der Waals surface area (Å²) in [5, 5.41) is 6.22. The molecule has 5 heteroatoms. The smallest absolute Gasteiger partial charge is 0.315 e. The molecule has 2 aliphatic carbocycles. The van der Waals surface area contributed by atoms with E-state index in [0.717, 1.165) is 51.6 Å². The number of rotatable bonds is 3. The molecule has 0 spiro atoms. The predicted molar refractivity (Wildman–Crippen MR) is 90.1 cm³/mol. The van der Waals surface area contributed by atoms with Gasteiger partial charge in [-0.15, -0.1) is 0 Å². The van der Waals surface area contributed by atoms with Gasteiger partial charge in [0, 0.05) is 31.1 Å². The van der Waals surface area contributed by atoms with E-state index in [0.29, 0.717) is 11.9 Å². The summed E-state index contributed by atoms with van der Waals surface area (Å²) in [4.78, 5) is 26.5. The van der Waals surface area contributed by atoms with Gasteiger partial charge < -0.3 is 15.5 Å². The lowest BCUT2D eigenvalue weighted by atomic mass is 9.96. The van der Waals surface area contributed by atoms with Crippen molar-refractivity contribution in [1.29, 1.82) is 0 Å².